The molecule has 1 aromatic rings. The van der Waals surface area contributed by atoms with Crippen LogP contribution < -0.4 is 16.6 Å². The summed E-state index contributed by atoms with van der Waals surface area (Å²) in [5.41, 5.74) is 6.06. The first kappa shape index (κ1) is 11.6. The van der Waals surface area contributed by atoms with Crippen LogP contribution in [-0.2, 0) is 6.54 Å². The first-order valence-electron chi connectivity index (χ1n) is 5.02. The highest BCUT2D eigenvalue weighted by atomic mass is 79.9. The molecule has 0 aromatic carbocycles. The zero-order valence-electron chi connectivity index (χ0n) is 8.56. The molecule has 0 amide bonds. The number of nitrogens with zero attached hydrogens (tertiary/aromatic N) is 2. The Bertz CT molecular complexity index is 448. The Morgan fingerprint density at radius 1 is 1.75 bits per heavy atom. The number of aromatic nitrogens is 2. The molecule has 1 heterocycles. The van der Waals surface area contributed by atoms with E-state index in [1.165, 1.54) is 4.68 Å². The van der Waals surface area contributed by atoms with Crippen molar-refractivity contribution >= 4 is 21.6 Å². The Morgan fingerprint density at radius 3 is 3.00 bits per heavy atom. The van der Waals surface area contributed by atoms with Crippen molar-refractivity contribution in [2.75, 3.05) is 11.9 Å². The minimum Gasteiger partial charge on any atom is -0.394 e. The van der Waals surface area contributed by atoms with E-state index < -0.39 is 0 Å². The van der Waals surface area contributed by atoms with Crippen LogP contribution in [-0.4, -0.2) is 33.6 Å². The van der Waals surface area contributed by atoms with E-state index in [0.29, 0.717) is 10.2 Å². The Hall–Kier alpha value is -0.920. The van der Waals surface area contributed by atoms with E-state index >= 15 is 0 Å². The number of halogens is 1. The zero-order chi connectivity index (χ0) is 11.7. The third-order valence-electron chi connectivity index (χ3n) is 2.48. The Labute approximate surface area is 101 Å². The van der Waals surface area contributed by atoms with Gasteiger partial charge in [-0.2, -0.15) is 5.10 Å². The second kappa shape index (κ2) is 4.52. The van der Waals surface area contributed by atoms with E-state index in [2.05, 4.69) is 26.3 Å². The summed E-state index contributed by atoms with van der Waals surface area (Å²) < 4.78 is 1.64. The molecule has 88 valence electrons. The maximum absolute atomic E-state index is 11.7. The summed E-state index contributed by atoms with van der Waals surface area (Å²) in [6.07, 6.45) is 2.47. The molecule has 2 atom stereocenters. The molecule has 1 saturated carbocycles. The van der Waals surface area contributed by atoms with Gasteiger partial charge in [0, 0.05) is 12.1 Å². The zero-order valence-corrected chi connectivity index (χ0v) is 10.1. The number of aliphatic hydroxyl groups is 1. The average molecular weight is 289 g/mol. The molecule has 16 heavy (non-hydrogen) atoms. The van der Waals surface area contributed by atoms with Crippen LogP contribution in [0.2, 0.25) is 0 Å². The topological polar surface area (TPSA) is 93.2 Å². The lowest BCUT2D eigenvalue weighted by Gasteiger charge is -2.09. The highest BCUT2D eigenvalue weighted by Gasteiger charge is 2.33. The highest BCUT2D eigenvalue weighted by Crippen LogP contribution is 2.26. The van der Waals surface area contributed by atoms with Gasteiger partial charge in [-0.1, -0.05) is 0 Å². The van der Waals surface area contributed by atoms with Crippen LogP contribution in [0.3, 0.4) is 0 Å². The van der Waals surface area contributed by atoms with Gasteiger partial charge in [-0.05, 0) is 22.4 Å². The molecular formula is C9H13BrN4O2. The smallest absolute Gasteiger partial charge is 0.283 e. The van der Waals surface area contributed by atoms with E-state index in [4.69, 9.17) is 10.8 Å². The molecule has 0 bridgehead atoms. The van der Waals surface area contributed by atoms with Crippen molar-refractivity contribution in [1.29, 1.82) is 0 Å². The second-order valence-electron chi connectivity index (χ2n) is 3.77. The van der Waals surface area contributed by atoms with Gasteiger partial charge in [0.25, 0.3) is 5.56 Å². The van der Waals surface area contributed by atoms with Crippen molar-refractivity contribution in [3.8, 4) is 0 Å². The lowest BCUT2D eigenvalue weighted by molar-refractivity contribution is 0.266. The van der Waals surface area contributed by atoms with E-state index in [1.807, 2.05) is 0 Å². The van der Waals surface area contributed by atoms with Crippen LogP contribution in [0.1, 0.15) is 6.42 Å². The summed E-state index contributed by atoms with van der Waals surface area (Å²) in [6.45, 7) is 0.0836. The van der Waals surface area contributed by atoms with Crippen molar-refractivity contribution < 1.29 is 5.11 Å². The second-order valence-corrected chi connectivity index (χ2v) is 4.57. The van der Waals surface area contributed by atoms with Gasteiger partial charge in [0.2, 0.25) is 0 Å². The van der Waals surface area contributed by atoms with E-state index in [0.717, 1.165) is 6.42 Å². The van der Waals surface area contributed by atoms with Crippen molar-refractivity contribution in [3.63, 3.8) is 0 Å². The van der Waals surface area contributed by atoms with Crippen LogP contribution >= 0.6 is 15.9 Å². The molecule has 4 N–H and O–H groups in total. The molecule has 0 spiro atoms. The van der Waals surface area contributed by atoms with Gasteiger partial charge in [-0.25, -0.2) is 4.68 Å². The van der Waals surface area contributed by atoms with Gasteiger partial charge < -0.3 is 16.2 Å². The maximum Gasteiger partial charge on any atom is 0.283 e. The van der Waals surface area contributed by atoms with E-state index in [9.17, 15) is 4.79 Å². The standard InChI is InChI=1S/C9H13BrN4O2/c10-8-7(13-6-3-5(6)11)4-12-14(1-2-15)9(8)16/h4-6,13,15H,1-3,11H2. The summed E-state index contributed by atoms with van der Waals surface area (Å²) in [5, 5.41) is 15.8. The monoisotopic (exact) mass is 288 g/mol. The fourth-order valence-corrected chi connectivity index (χ4v) is 1.82. The van der Waals surface area contributed by atoms with Crippen LogP contribution in [0.5, 0.6) is 0 Å². The number of nitrogens with two attached hydrogens (primary N) is 1. The summed E-state index contributed by atoms with van der Waals surface area (Å²) in [7, 11) is 0. The lowest BCUT2D eigenvalue weighted by Crippen LogP contribution is -2.26. The Balaban J connectivity index is 2.21. The quantitative estimate of drug-likeness (QED) is 0.695. The number of anilines is 1. The molecular weight excluding hydrogens is 276 g/mol. The van der Waals surface area contributed by atoms with Gasteiger partial charge >= 0.3 is 0 Å². The highest BCUT2D eigenvalue weighted by molar-refractivity contribution is 9.10. The third kappa shape index (κ3) is 2.26. The van der Waals surface area contributed by atoms with Crippen LogP contribution in [0.15, 0.2) is 15.5 Å². The maximum atomic E-state index is 11.7. The summed E-state index contributed by atoms with van der Waals surface area (Å²) in [4.78, 5) is 11.7. The molecule has 7 heteroatoms. The number of nitrogens with one attached hydrogen (secondary N) is 1. The number of aliphatic hydroxyl groups excluding tert-OH is 1. The molecule has 0 saturated heterocycles. The molecule has 1 aliphatic rings. The lowest BCUT2D eigenvalue weighted by atomic mass is 10.4. The van der Waals surface area contributed by atoms with Gasteiger partial charge in [0.15, 0.2) is 0 Å². The van der Waals surface area contributed by atoms with Crippen LogP contribution in [0.25, 0.3) is 0 Å². The SMILES string of the molecule is NC1CC1Nc1cnn(CCO)c(=O)c1Br. The van der Waals surface area contributed by atoms with Gasteiger partial charge in [0.05, 0.1) is 25.0 Å². The van der Waals surface area contributed by atoms with Crippen molar-refractivity contribution in [3.05, 3.63) is 21.0 Å². The van der Waals surface area contributed by atoms with E-state index in [-0.39, 0.29) is 30.8 Å². The molecule has 2 rings (SSSR count). The predicted molar refractivity (Wildman–Crippen MR) is 63.3 cm³/mol. The minimum absolute atomic E-state index is 0.111. The number of hydrogen-bond acceptors (Lipinski definition) is 5. The molecule has 1 aliphatic carbocycles. The molecule has 0 radical (unpaired) electrons. The number of hydrogen-bond donors (Lipinski definition) is 3. The van der Waals surface area contributed by atoms with Gasteiger partial charge in [-0.15, -0.1) is 0 Å². The fraction of sp³-hybridized carbons (Fsp3) is 0.556. The first-order valence-corrected chi connectivity index (χ1v) is 5.81. The van der Waals surface area contributed by atoms with Crippen LogP contribution in [0.4, 0.5) is 5.69 Å². The normalized spacial score (nSPS) is 23.2. The molecule has 1 fully saturated rings. The van der Waals surface area contributed by atoms with Crippen LogP contribution in [0, 0.1) is 0 Å². The Kier molecular flexibility index (Phi) is 3.27. The molecule has 6 nitrogen and oxygen atoms in total. The molecule has 2 unspecified atom stereocenters. The summed E-state index contributed by atoms with van der Waals surface area (Å²) in [5.74, 6) is 0. The van der Waals surface area contributed by atoms with Crippen molar-refractivity contribution in [2.45, 2.75) is 25.0 Å². The minimum atomic E-state index is -0.256. The average Bonchev–Trinajstić information content (AvgIpc) is 2.94. The van der Waals surface area contributed by atoms with Gasteiger partial charge in [-0.3, -0.25) is 4.79 Å². The molecule has 1 aromatic heterocycles. The van der Waals surface area contributed by atoms with Crippen molar-refractivity contribution in [1.82, 2.24) is 9.78 Å². The fourth-order valence-electron chi connectivity index (χ4n) is 1.40. The number of rotatable bonds is 4. The van der Waals surface area contributed by atoms with E-state index in [1.54, 1.807) is 6.20 Å². The van der Waals surface area contributed by atoms with Gasteiger partial charge in [0.1, 0.15) is 4.47 Å². The first-order chi connectivity index (χ1) is 7.63. The summed E-state index contributed by atoms with van der Waals surface area (Å²) in [6, 6.07) is 0.387. The summed E-state index contributed by atoms with van der Waals surface area (Å²) >= 11 is 3.22. The predicted octanol–water partition coefficient (Wildman–Crippen LogP) is -0.490. The third-order valence-corrected chi connectivity index (χ3v) is 3.24. The Morgan fingerprint density at radius 2 is 2.44 bits per heavy atom. The van der Waals surface area contributed by atoms with Crippen molar-refractivity contribution in [2.24, 2.45) is 5.73 Å². The largest absolute Gasteiger partial charge is 0.394 e. The molecule has 0 aliphatic heterocycles.